The summed E-state index contributed by atoms with van der Waals surface area (Å²) in [7, 11) is 0. The van der Waals surface area contributed by atoms with E-state index in [1.807, 2.05) is 18.2 Å². The third-order valence-electron chi connectivity index (χ3n) is 2.60. The molecule has 0 bridgehead atoms. The van der Waals surface area contributed by atoms with Gasteiger partial charge in [0.1, 0.15) is 0 Å². The Balaban J connectivity index is 2.36. The summed E-state index contributed by atoms with van der Waals surface area (Å²) >= 11 is 16.1. The Labute approximate surface area is 141 Å². The molecular formula is C14H8Br3ClO. The Morgan fingerprint density at radius 2 is 1.68 bits per heavy atom. The highest BCUT2D eigenvalue weighted by molar-refractivity contribution is 9.24. The molecule has 98 valence electrons. The van der Waals surface area contributed by atoms with Crippen LogP contribution in [0.1, 0.15) is 25.2 Å². The Morgan fingerprint density at radius 1 is 1.05 bits per heavy atom. The number of rotatable bonds is 3. The average Bonchev–Trinajstić information content (AvgIpc) is 2.38. The summed E-state index contributed by atoms with van der Waals surface area (Å²) < 4.78 is 0.838. The van der Waals surface area contributed by atoms with E-state index in [-0.39, 0.29) is 9.52 Å². The zero-order chi connectivity index (χ0) is 14.0. The van der Waals surface area contributed by atoms with Crippen molar-refractivity contribution < 1.29 is 4.79 Å². The van der Waals surface area contributed by atoms with E-state index in [1.54, 1.807) is 24.3 Å². The van der Waals surface area contributed by atoms with Gasteiger partial charge in [-0.25, -0.2) is 0 Å². The van der Waals surface area contributed by atoms with Crippen molar-refractivity contribution in [3.63, 3.8) is 0 Å². The van der Waals surface area contributed by atoms with Crippen LogP contribution in [-0.4, -0.2) is 5.78 Å². The molecular weight excluding hydrogens is 459 g/mol. The van der Waals surface area contributed by atoms with E-state index in [0.717, 1.165) is 10.0 Å². The number of carbonyl (C=O) groups is 1. The van der Waals surface area contributed by atoms with Crippen LogP contribution >= 0.6 is 59.4 Å². The third-order valence-corrected chi connectivity index (χ3v) is 4.56. The van der Waals surface area contributed by atoms with E-state index < -0.39 is 0 Å². The molecule has 1 nitrogen and oxygen atoms in total. The Kier molecular flexibility index (Phi) is 5.23. The fraction of sp³-hybridized carbons (Fsp3) is 0.0714. The number of hydrogen-bond acceptors (Lipinski definition) is 1. The fourth-order valence-electron chi connectivity index (χ4n) is 1.61. The van der Waals surface area contributed by atoms with Gasteiger partial charge < -0.3 is 0 Å². The van der Waals surface area contributed by atoms with Gasteiger partial charge in [-0.2, -0.15) is 0 Å². The van der Waals surface area contributed by atoms with Gasteiger partial charge in [0.15, 0.2) is 5.78 Å². The van der Waals surface area contributed by atoms with Gasteiger partial charge in [0.25, 0.3) is 0 Å². The van der Waals surface area contributed by atoms with Crippen molar-refractivity contribution in [3.05, 3.63) is 68.7 Å². The van der Waals surface area contributed by atoms with Crippen molar-refractivity contribution in [3.8, 4) is 0 Å². The molecule has 0 spiro atoms. The van der Waals surface area contributed by atoms with Crippen LogP contribution in [0, 0.1) is 0 Å². The minimum atomic E-state index is -0.0317. The Bertz CT molecular complexity index is 609. The molecule has 0 saturated carbocycles. The molecule has 0 atom stereocenters. The topological polar surface area (TPSA) is 17.1 Å². The molecule has 0 aliphatic heterocycles. The van der Waals surface area contributed by atoms with Crippen LogP contribution in [0.2, 0.25) is 5.02 Å². The van der Waals surface area contributed by atoms with Crippen LogP contribution in [0.5, 0.6) is 0 Å². The summed E-state index contributed by atoms with van der Waals surface area (Å²) in [6.45, 7) is 0. The van der Waals surface area contributed by atoms with Crippen molar-refractivity contribution in [2.45, 2.75) is 3.74 Å². The number of alkyl halides is 2. The lowest BCUT2D eigenvalue weighted by molar-refractivity contribution is 0.103. The molecule has 0 aromatic heterocycles. The lowest BCUT2D eigenvalue weighted by Gasteiger charge is -2.08. The first kappa shape index (κ1) is 15.2. The van der Waals surface area contributed by atoms with E-state index in [9.17, 15) is 4.79 Å². The molecule has 0 N–H and O–H groups in total. The van der Waals surface area contributed by atoms with Crippen LogP contribution in [0.25, 0.3) is 0 Å². The quantitative estimate of drug-likeness (QED) is 0.393. The fourth-order valence-corrected chi connectivity index (χ4v) is 2.88. The van der Waals surface area contributed by atoms with Crippen LogP contribution in [-0.2, 0) is 0 Å². The molecule has 0 unspecified atom stereocenters. The second-order valence-corrected chi connectivity index (χ2v) is 8.23. The van der Waals surface area contributed by atoms with Crippen LogP contribution in [0.15, 0.2) is 46.9 Å². The van der Waals surface area contributed by atoms with Crippen molar-refractivity contribution in [2.24, 2.45) is 0 Å². The van der Waals surface area contributed by atoms with E-state index >= 15 is 0 Å². The number of halogens is 4. The lowest BCUT2D eigenvalue weighted by Crippen LogP contribution is -2.02. The molecule has 0 fully saturated rings. The van der Waals surface area contributed by atoms with Gasteiger partial charge in [0.2, 0.25) is 0 Å². The first-order chi connectivity index (χ1) is 8.99. The van der Waals surface area contributed by atoms with Gasteiger partial charge in [-0.1, -0.05) is 65.5 Å². The van der Waals surface area contributed by atoms with Crippen molar-refractivity contribution in [1.82, 2.24) is 0 Å². The first-order valence-corrected chi connectivity index (χ1v) is 8.37. The summed E-state index contributed by atoms with van der Waals surface area (Å²) in [6, 6.07) is 12.5. The largest absolute Gasteiger partial charge is 0.289 e. The monoisotopic (exact) mass is 464 g/mol. The van der Waals surface area contributed by atoms with E-state index in [4.69, 9.17) is 11.6 Å². The van der Waals surface area contributed by atoms with Gasteiger partial charge in [-0.15, -0.1) is 0 Å². The summed E-state index contributed by atoms with van der Waals surface area (Å²) in [5.74, 6) is -0.0317. The molecule has 2 rings (SSSR count). The average molecular weight is 467 g/mol. The highest BCUT2D eigenvalue weighted by Crippen LogP contribution is 2.32. The van der Waals surface area contributed by atoms with E-state index in [1.165, 1.54) is 0 Å². The van der Waals surface area contributed by atoms with E-state index in [0.29, 0.717) is 16.1 Å². The number of ketones is 1. The van der Waals surface area contributed by atoms with Gasteiger partial charge >= 0.3 is 0 Å². The summed E-state index contributed by atoms with van der Waals surface area (Å²) in [6.07, 6.45) is 0. The predicted octanol–water partition coefficient (Wildman–Crippen LogP) is 6.12. The molecule has 2 aromatic rings. The van der Waals surface area contributed by atoms with Crippen LogP contribution < -0.4 is 0 Å². The van der Waals surface area contributed by atoms with Gasteiger partial charge in [0.05, 0.1) is 3.74 Å². The zero-order valence-corrected chi connectivity index (χ0v) is 15.1. The third kappa shape index (κ3) is 3.69. The van der Waals surface area contributed by atoms with Crippen molar-refractivity contribution in [1.29, 1.82) is 0 Å². The standard InChI is InChI=1S/C14H8Br3ClO/c15-12-7-9(14(16)17)3-6-11(12)13(19)8-1-4-10(18)5-2-8/h1-7,14H. The maximum absolute atomic E-state index is 12.4. The summed E-state index contributed by atoms with van der Waals surface area (Å²) in [5, 5.41) is 0.618. The minimum Gasteiger partial charge on any atom is -0.289 e. The number of carbonyl (C=O) groups excluding carboxylic acids is 1. The summed E-state index contributed by atoms with van der Waals surface area (Å²) in [5.41, 5.74) is 2.29. The molecule has 0 saturated heterocycles. The Hall–Kier alpha value is -0.160. The molecule has 0 aliphatic carbocycles. The first-order valence-electron chi connectivity index (χ1n) is 5.37. The highest BCUT2D eigenvalue weighted by Gasteiger charge is 2.14. The van der Waals surface area contributed by atoms with Gasteiger partial charge in [-0.05, 0) is 42.0 Å². The molecule has 2 aromatic carbocycles. The van der Waals surface area contributed by atoms with Crippen molar-refractivity contribution in [2.75, 3.05) is 0 Å². The molecule has 0 aliphatic rings. The maximum atomic E-state index is 12.4. The SMILES string of the molecule is O=C(c1ccc(Cl)cc1)c1ccc(C(Br)Br)cc1Br. The number of benzene rings is 2. The Morgan fingerprint density at radius 3 is 2.21 bits per heavy atom. The van der Waals surface area contributed by atoms with Gasteiger partial charge in [0, 0.05) is 20.6 Å². The smallest absolute Gasteiger partial charge is 0.194 e. The lowest BCUT2D eigenvalue weighted by atomic mass is 10.0. The molecule has 0 amide bonds. The molecule has 0 heterocycles. The maximum Gasteiger partial charge on any atom is 0.194 e. The van der Waals surface area contributed by atoms with Gasteiger partial charge in [-0.3, -0.25) is 4.79 Å². The predicted molar refractivity (Wildman–Crippen MR) is 89.6 cm³/mol. The second-order valence-electron chi connectivity index (χ2n) is 3.88. The second kappa shape index (κ2) is 6.53. The molecule has 19 heavy (non-hydrogen) atoms. The minimum absolute atomic E-state index is 0.0317. The van der Waals surface area contributed by atoms with E-state index in [2.05, 4.69) is 47.8 Å². The number of hydrogen-bond donors (Lipinski definition) is 0. The van der Waals surface area contributed by atoms with Crippen molar-refractivity contribution >= 4 is 65.2 Å². The molecule has 5 heteroatoms. The van der Waals surface area contributed by atoms with Crippen LogP contribution in [0.4, 0.5) is 0 Å². The zero-order valence-electron chi connectivity index (χ0n) is 9.54. The normalized spacial score (nSPS) is 10.8. The van der Waals surface area contributed by atoms with Crippen LogP contribution in [0.3, 0.4) is 0 Å². The highest BCUT2D eigenvalue weighted by atomic mass is 79.9. The summed E-state index contributed by atoms with van der Waals surface area (Å²) in [4.78, 5) is 12.4. The molecule has 0 radical (unpaired) electrons.